The molecular weight excluding hydrogens is 256 g/mol. The van der Waals surface area contributed by atoms with Gasteiger partial charge in [-0.3, -0.25) is 4.79 Å². The van der Waals surface area contributed by atoms with Crippen molar-refractivity contribution in [3.05, 3.63) is 48.0 Å². The molecule has 0 unspecified atom stereocenters. The van der Waals surface area contributed by atoms with E-state index in [1.165, 1.54) is 0 Å². The molecule has 1 heterocycles. The second-order valence-corrected chi connectivity index (χ2v) is 4.46. The molecule has 1 amide bonds. The van der Waals surface area contributed by atoms with Crippen molar-refractivity contribution in [2.75, 3.05) is 7.11 Å². The van der Waals surface area contributed by atoms with Gasteiger partial charge in [0.1, 0.15) is 5.75 Å². The predicted molar refractivity (Wildman–Crippen MR) is 75.1 cm³/mol. The van der Waals surface area contributed by atoms with E-state index in [0.29, 0.717) is 13.0 Å². The first-order chi connectivity index (χ1) is 9.69. The number of hydrogen-bond donors (Lipinski definition) is 3. The van der Waals surface area contributed by atoms with E-state index in [9.17, 15) is 4.79 Å². The number of imidazole rings is 1. The van der Waals surface area contributed by atoms with Crippen LogP contribution in [-0.4, -0.2) is 29.0 Å². The summed E-state index contributed by atoms with van der Waals surface area (Å²) >= 11 is 0. The molecule has 0 aliphatic rings. The Kier molecular flexibility index (Phi) is 4.73. The van der Waals surface area contributed by atoms with Crippen LogP contribution >= 0.6 is 0 Å². The number of hydrogen-bond acceptors (Lipinski definition) is 4. The highest BCUT2D eigenvalue weighted by Gasteiger charge is 2.14. The zero-order valence-electron chi connectivity index (χ0n) is 11.3. The van der Waals surface area contributed by atoms with Gasteiger partial charge in [-0.05, 0) is 17.7 Å². The van der Waals surface area contributed by atoms with Gasteiger partial charge < -0.3 is 20.8 Å². The topological polar surface area (TPSA) is 93.0 Å². The van der Waals surface area contributed by atoms with E-state index in [1.807, 2.05) is 24.3 Å². The number of amides is 1. The fourth-order valence-electron chi connectivity index (χ4n) is 1.83. The fraction of sp³-hybridized carbons (Fsp3) is 0.286. The Balaban J connectivity index is 1.84. The molecule has 1 aromatic heterocycles. The number of nitrogens with zero attached hydrogens (tertiary/aromatic N) is 1. The Hall–Kier alpha value is -2.34. The number of ether oxygens (including phenoxy) is 1. The smallest absolute Gasteiger partial charge is 0.237 e. The molecule has 20 heavy (non-hydrogen) atoms. The molecule has 0 aliphatic heterocycles. The van der Waals surface area contributed by atoms with Crippen LogP contribution in [0.4, 0.5) is 0 Å². The maximum Gasteiger partial charge on any atom is 0.237 e. The lowest BCUT2D eigenvalue weighted by Gasteiger charge is -2.11. The Morgan fingerprint density at radius 1 is 1.55 bits per heavy atom. The number of nitrogens with one attached hydrogen (secondary N) is 2. The molecule has 6 heteroatoms. The van der Waals surface area contributed by atoms with Crippen LogP contribution in [0.5, 0.6) is 5.75 Å². The molecule has 2 rings (SSSR count). The molecule has 0 spiro atoms. The van der Waals surface area contributed by atoms with Crippen molar-refractivity contribution in [2.24, 2.45) is 5.73 Å². The van der Waals surface area contributed by atoms with Gasteiger partial charge in [-0.1, -0.05) is 12.1 Å². The first-order valence-electron chi connectivity index (χ1n) is 6.32. The summed E-state index contributed by atoms with van der Waals surface area (Å²) in [6.07, 6.45) is 3.66. The van der Waals surface area contributed by atoms with Gasteiger partial charge in [0.25, 0.3) is 0 Å². The minimum Gasteiger partial charge on any atom is -0.497 e. The summed E-state index contributed by atoms with van der Waals surface area (Å²) < 4.78 is 5.13. The van der Waals surface area contributed by atoms with Gasteiger partial charge in [0.15, 0.2) is 0 Å². The Bertz CT molecular complexity index is 554. The predicted octanol–water partition coefficient (Wildman–Crippen LogP) is 0.604. The van der Waals surface area contributed by atoms with Gasteiger partial charge in [0.05, 0.1) is 19.5 Å². The summed E-state index contributed by atoms with van der Waals surface area (Å²) in [5.74, 6) is 0.570. The zero-order valence-corrected chi connectivity index (χ0v) is 11.3. The van der Waals surface area contributed by atoms with E-state index in [1.54, 1.807) is 19.6 Å². The zero-order chi connectivity index (χ0) is 14.4. The number of carbonyl (C=O) groups excluding carboxylic acids is 1. The number of aromatic nitrogens is 2. The van der Waals surface area contributed by atoms with Crippen LogP contribution in [0, 0.1) is 0 Å². The van der Waals surface area contributed by atoms with E-state index >= 15 is 0 Å². The minimum absolute atomic E-state index is 0.192. The normalized spacial score (nSPS) is 11.9. The number of benzene rings is 1. The number of methoxy groups -OCH3 is 1. The molecule has 0 bridgehead atoms. The minimum atomic E-state index is -0.596. The highest BCUT2D eigenvalue weighted by molar-refractivity contribution is 5.81. The summed E-state index contributed by atoms with van der Waals surface area (Å²) in [6.45, 7) is 0.423. The average Bonchev–Trinajstić information content (AvgIpc) is 2.97. The van der Waals surface area contributed by atoms with Gasteiger partial charge in [0.2, 0.25) is 5.91 Å². The Morgan fingerprint density at radius 3 is 3.10 bits per heavy atom. The van der Waals surface area contributed by atoms with Gasteiger partial charge in [-0.2, -0.15) is 0 Å². The van der Waals surface area contributed by atoms with Crippen LogP contribution in [0.15, 0.2) is 36.8 Å². The quantitative estimate of drug-likeness (QED) is 0.719. The Morgan fingerprint density at radius 2 is 2.40 bits per heavy atom. The SMILES string of the molecule is COc1cccc(CNC(=O)[C@@H](N)Cc2cnc[nH]2)c1. The van der Waals surface area contributed by atoms with E-state index in [4.69, 9.17) is 10.5 Å². The maximum absolute atomic E-state index is 11.9. The molecule has 2 aromatic rings. The van der Waals surface area contributed by atoms with E-state index in [0.717, 1.165) is 17.0 Å². The molecule has 0 fully saturated rings. The molecule has 106 valence electrons. The van der Waals surface area contributed by atoms with Gasteiger partial charge >= 0.3 is 0 Å². The highest BCUT2D eigenvalue weighted by Crippen LogP contribution is 2.12. The van der Waals surface area contributed by atoms with Gasteiger partial charge in [0, 0.05) is 24.9 Å². The maximum atomic E-state index is 11.9. The Labute approximate surface area is 117 Å². The van der Waals surface area contributed by atoms with Gasteiger partial charge in [-0.25, -0.2) is 4.98 Å². The first kappa shape index (κ1) is 14.1. The number of H-pyrrole nitrogens is 1. The van der Waals surface area contributed by atoms with Crippen LogP contribution in [0.2, 0.25) is 0 Å². The lowest BCUT2D eigenvalue weighted by Crippen LogP contribution is -2.41. The number of aromatic amines is 1. The van der Waals surface area contributed by atoms with Crippen LogP contribution in [0.3, 0.4) is 0 Å². The van der Waals surface area contributed by atoms with Crippen molar-refractivity contribution in [1.29, 1.82) is 0 Å². The summed E-state index contributed by atoms with van der Waals surface area (Å²) in [6, 6.07) is 6.94. The monoisotopic (exact) mass is 274 g/mol. The summed E-state index contributed by atoms with van der Waals surface area (Å²) in [4.78, 5) is 18.7. The van der Waals surface area contributed by atoms with Crippen molar-refractivity contribution in [2.45, 2.75) is 19.0 Å². The van der Waals surface area contributed by atoms with Crippen molar-refractivity contribution in [3.63, 3.8) is 0 Å². The highest BCUT2D eigenvalue weighted by atomic mass is 16.5. The van der Waals surface area contributed by atoms with Crippen LogP contribution < -0.4 is 15.8 Å². The van der Waals surface area contributed by atoms with Gasteiger partial charge in [-0.15, -0.1) is 0 Å². The third-order valence-corrected chi connectivity index (χ3v) is 2.93. The average molecular weight is 274 g/mol. The lowest BCUT2D eigenvalue weighted by molar-refractivity contribution is -0.122. The van der Waals surface area contributed by atoms with E-state index in [2.05, 4.69) is 15.3 Å². The third-order valence-electron chi connectivity index (χ3n) is 2.93. The standard InChI is InChI=1S/C14H18N4O2/c1-20-12-4-2-3-10(5-12)7-17-14(19)13(15)6-11-8-16-9-18-11/h2-5,8-9,13H,6-7,15H2,1H3,(H,16,18)(H,17,19)/t13-/m0/s1. The van der Waals surface area contributed by atoms with Crippen LogP contribution in [0.1, 0.15) is 11.3 Å². The second kappa shape index (κ2) is 6.72. The van der Waals surface area contributed by atoms with Crippen molar-refractivity contribution in [1.82, 2.24) is 15.3 Å². The number of nitrogens with two attached hydrogens (primary N) is 1. The molecule has 6 nitrogen and oxygen atoms in total. The number of carbonyl (C=O) groups is 1. The third kappa shape index (κ3) is 3.83. The molecule has 0 saturated heterocycles. The van der Waals surface area contributed by atoms with E-state index < -0.39 is 6.04 Å². The summed E-state index contributed by atoms with van der Waals surface area (Å²) in [5.41, 5.74) is 7.65. The molecule has 1 aromatic carbocycles. The summed E-state index contributed by atoms with van der Waals surface area (Å²) in [7, 11) is 1.61. The lowest BCUT2D eigenvalue weighted by atomic mass is 10.1. The van der Waals surface area contributed by atoms with Crippen molar-refractivity contribution >= 4 is 5.91 Å². The second-order valence-electron chi connectivity index (χ2n) is 4.46. The fourth-order valence-corrected chi connectivity index (χ4v) is 1.83. The van der Waals surface area contributed by atoms with Crippen LogP contribution in [-0.2, 0) is 17.8 Å². The van der Waals surface area contributed by atoms with E-state index in [-0.39, 0.29) is 5.91 Å². The molecule has 1 atom stereocenters. The number of rotatable bonds is 6. The van der Waals surface area contributed by atoms with Crippen molar-refractivity contribution < 1.29 is 9.53 Å². The molecule has 0 radical (unpaired) electrons. The largest absolute Gasteiger partial charge is 0.497 e. The molecular formula is C14H18N4O2. The van der Waals surface area contributed by atoms with Crippen LogP contribution in [0.25, 0.3) is 0 Å². The molecule has 4 N–H and O–H groups in total. The summed E-state index contributed by atoms with van der Waals surface area (Å²) in [5, 5.41) is 2.81. The molecule has 0 saturated carbocycles. The first-order valence-corrected chi connectivity index (χ1v) is 6.32. The van der Waals surface area contributed by atoms with Crippen molar-refractivity contribution in [3.8, 4) is 5.75 Å². The molecule has 0 aliphatic carbocycles.